The van der Waals surface area contributed by atoms with Crippen LogP contribution in [0.3, 0.4) is 0 Å². The number of nitrogens with one attached hydrogen (secondary N) is 1. The van der Waals surface area contributed by atoms with E-state index >= 15 is 0 Å². The summed E-state index contributed by atoms with van der Waals surface area (Å²) >= 11 is 0. The van der Waals surface area contributed by atoms with Crippen LogP contribution >= 0.6 is 0 Å². The molecule has 0 heterocycles. The fraction of sp³-hybridized carbons (Fsp3) is 0.913. The summed E-state index contributed by atoms with van der Waals surface area (Å²) in [4.78, 5) is 24.6. The van der Waals surface area contributed by atoms with Gasteiger partial charge in [0.15, 0.2) is 0 Å². The van der Waals surface area contributed by atoms with Gasteiger partial charge in [-0.3, -0.25) is 9.59 Å². The molecule has 0 fully saturated rings. The molecule has 0 aliphatic rings. The van der Waals surface area contributed by atoms with Crippen molar-refractivity contribution in [3.05, 3.63) is 24.3 Å². The van der Waals surface area contributed by atoms with Gasteiger partial charge in [-0.25, -0.2) is 0 Å². The van der Waals surface area contributed by atoms with Crippen LogP contribution in [0.1, 0.15) is 380 Å². The van der Waals surface area contributed by atoms with E-state index < -0.39 is 12.1 Å². The Kier molecular flexibility index (Phi) is 63.4. The number of carbonyl (C=O) groups excluding carboxylic acids is 2. The lowest BCUT2D eigenvalue weighted by molar-refractivity contribution is -0.143. The summed E-state index contributed by atoms with van der Waals surface area (Å²) in [6, 6.07) is -0.544. The summed E-state index contributed by atoms with van der Waals surface area (Å²) in [5.41, 5.74) is 0. The van der Waals surface area contributed by atoms with Gasteiger partial charge >= 0.3 is 5.97 Å². The largest absolute Gasteiger partial charge is 0.466 e. The minimum Gasteiger partial charge on any atom is -0.466 e. The zero-order chi connectivity index (χ0) is 54.3. The smallest absolute Gasteiger partial charge is 0.305 e. The molecule has 2 atom stereocenters. The highest BCUT2D eigenvalue weighted by Crippen LogP contribution is 2.18. The average molecular weight is 1060 g/mol. The molecule has 0 aromatic carbocycles. The van der Waals surface area contributed by atoms with Crippen molar-refractivity contribution in [1.29, 1.82) is 0 Å². The Labute approximate surface area is 469 Å². The van der Waals surface area contributed by atoms with Gasteiger partial charge in [-0.05, 0) is 77.0 Å². The summed E-state index contributed by atoms with van der Waals surface area (Å²) in [5.74, 6) is -0.0243. The Bertz CT molecular complexity index is 1170. The summed E-state index contributed by atoms with van der Waals surface area (Å²) in [6.45, 7) is 4.97. The Hall–Kier alpha value is -1.66. The average Bonchev–Trinajstić information content (AvgIpc) is 3.41. The van der Waals surface area contributed by atoms with Crippen molar-refractivity contribution in [3.8, 4) is 0 Å². The SMILES string of the molecule is CCCCCCCC/C=C\CCCCCCCCCCCC(=O)OCCCCCCCCCCCCCC/C=C\CCCCCCCCCCC(=O)NC(CO)C(O)CCCCCCCCCCCCCCCCC. The molecule has 0 saturated carbocycles. The van der Waals surface area contributed by atoms with E-state index in [-0.39, 0.29) is 18.5 Å². The fourth-order valence-electron chi connectivity index (χ4n) is 10.7. The molecule has 0 rings (SSSR count). The maximum atomic E-state index is 12.5. The molecule has 0 aliphatic carbocycles. The van der Waals surface area contributed by atoms with Gasteiger partial charge in [0, 0.05) is 12.8 Å². The van der Waals surface area contributed by atoms with E-state index in [1.54, 1.807) is 0 Å². The van der Waals surface area contributed by atoms with E-state index in [0.29, 0.717) is 25.9 Å². The highest BCUT2D eigenvalue weighted by Gasteiger charge is 2.20. The normalized spacial score (nSPS) is 12.6. The monoisotopic (exact) mass is 1060 g/mol. The van der Waals surface area contributed by atoms with Crippen LogP contribution in [0.4, 0.5) is 0 Å². The molecule has 0 aromatic rings. The van der Waals surface area contributed by atoms with Crippen LogP contribution in [0.2, 0.25) is 0 Å². The molecule has 6 nitrogen and oxygen atoms in total. The van der Waals surface area contributed by atoms with E-state index in [1.807, 2.05) is 0 Å². The number of ether oxygens (including phenoxy) is 1. The van der Waals surface area contributed by atoms with Gasteiger partial charge in [0.25, 0.3) is 0 Å². The molecule has 0 saturated heterocycles. The number of aliphatic hydroxyl groups excluding tert-OH is 2. The quantitative estimate of drug-likeness (QED) is 0.0320. The highest BCUT2D eigenvalue weighted by atomic mass is 16.5. The van der Waals surface area contributed by atoms with Crippen molar-refractivity contribution in [1.82, 2.24) is 5.32 Å². The molecule has 0 aromatic heterocycles. The van der Waals surface area contributed by atoms with Crippen LogP contribution < -0.4 is 5.32 Å². The van der Waals surface area contributed by atoms with Crippen molar-refractivity contribution < 1.29 is 24.5 Å². The van der Waals surface area contributed by atoms with E-state index in [1.165, 1.54) is 302 Å². The molecule has 0 aliphatic heterocycles. The standard InChI is InChI=1S/C69H133NO5/c1-3-5-7-9-11-13-15-17-19-20-27-31-35-39-43-47-51-55-59-63-69(74)75-64-60-56-52-48-44-40-36-32-29-26-24-22-21-23-25-28-30-34-38-42-46-50-54-58-62-68(73)70-66(65-71)67(72)61-57-53-49-45-41-37-33-18-16-14-12-10-8-6-4-2/h17,19,23,25,66-67,71-72H,3-16,18,20-22,24,26-65H2,1-2H3,(H,70,73)/b19-17-,25-23-. The summed E-state index contributed by atoms with van der Waals surface area (Å²) in [7, 11) is 0. The van der Waals surface area contributed by atoms with Crippen LogP contribution in [-0.2, 0) is 14.3 Å². The molecule has 0 bridgehead atoms. The number of esters is 1. The lowest BCUT2D eigenvalue weighted by atomic mass is 10.0. The number of allylic oxidation sites excluding steroid dienone is 4. The number of carbonyl (C=O) groups is 2. The minimum absolute atomic E-state index is 0.0128. The summed E-state index contributed by atoms with van der Waals surface area (Å²) < 4.78 is 5.51. The Balaban J connectivity index is 3.38. The van der Waals surface area contributed by atoms with Crippen molar-refractivity contribution in [2.24, 2.45) is 0 Å². The van der Waals surface area contributed by atoms with E-state index in [4.69, 9.17) is 4.74 Å². The topological polar surface area (TPSA) is 95.9 Å². The van der Waals surface area contributed by atoms with Gasteiger partial charge in [0.2, 0.25) is 5.91 Å². The lowest BCUT2D eigenvalue weighted by Crippen LogP contribution is -2.45. The number of hydrogen-bond donors (Lipinski definition) is 3. The van der Waals surface area contributed by atoms with Crippen molar-refractivity contribution in [2.45, 2.75) is 392 Å². The molecule has 75 heavy (non-hydrogen) atoms. The Morgan fingerprint density at radius 1 is 0.360 bits per heavy atom. The van der Waals surface area contributed by atoms with Crippen LogP contribution in [0, 0.1) is 0 Å². The van der Waals surface area contributed by atoms with Crippen molar-refractivity contribution >= 4 is 11.9 Å². The van der Waals surface area contributed by atoms with Crippen LogP contribution in [0.15, 0.2) is 24.3 Å². The number of amides is 1. The van der Waals surface area contributed by atoms with Crippen molar-refractivity contribution in [2.75, 3.05) is 13.2 Å². The Morgan fingerprint density at radius 2 is 0.627 bits per heavy atom. The molecular formula is C69H133NO5. The molecule has 2 unspecified atom stereocenters. The fourth-order valence-corrected chi connectivity index (χ4v) is 10.7. The molecule has 0 spiro atoms. The third-order valence-corrected chi connectivity index (χ3v) is 16.0. The first-order valence-electron chi connectivity index (χ1n) is 34.1. The van der Waals surface area contributed by atoms with Gasteiger partial charge < -0.3 is 20.3 Å². The predicted octanol–water partition coefficient (Wildman–Crippen LogP) is 21.8. The van der Waals surface area contributed by atoms with Gasteiger partial charge in [-0.1, -0.05) is 314 Å². The second-order valence-electron chi connectivity index (χ2n) is 23.5. The highest BCUT2D eigenvalue weighted by molar-refractivity contribution is 5.76. The molecule has 1 amide bonds. The van der Waals surface area contributed by atoms with Gasteiger partial charge in [-0.15, -0.1) is 0 Å². The van der Waals surface area contributed by atoms with E-state index in [2.05, 4.69) is 43.5 Å². The maximum absolute atomic E-state index is 12.5. The number of rotatable bonds is 64. The summed E-state index contributed by atoms with van der Waals surface area (Å²) in [5, 5.41) is 23.3. The minimum atomic E-state index is -0.667. The van der Waals surface area contributed by atoms with Gasteiger partial charge in [0.05, 0.1) is 25.4 Å². The van der Waals surface area contributed by atoms with Gasteiger partial charge in [-0.2, -0.15) is 0 Å². The zero-order valence-corrected chi connectivity index (χ0v) is 50.8. The number of unbranched alkanes of at least 4 members (excludes halogenated alkanes) is 49. The maximum Gasteiger partial charge on any atom is 0.305 e. The van der Waals surface area contributed by atoms with Crippen LogP contribution in [0.5, 0.6) is 0 Å². The first kappa shape index (κ1) is 73.3. The third kappa shape index (κ3) is 61.4. The predicted molar refractivity (Wildman–Crippen MR) is 329 cm³/mol. The zero-order valence-electron chi connectivity index (χ0n) is 50.8. The van der Waals surface area contributed by atoms with Crippen LogP contribution in [0.25, 0.3) is 0 Å². The van der Waals surface area contributed by atoms with Crippen LogP contribution in [-0.4, -0.2) is 47.4 Å². The summed E-state index contributed by atoms with van der Waals surface area (Å²) in [6.07, 6.45) is 80.7. The first-order valence-corrected chi connectivity index (χ1v) is 34.1. The van der Waals surface area contributed by atoms with Gasteiger partial charge in [0.1, 0.15) is 0 Å². The molecule has 444 valence electrons. The molecule has 3 N–H and O–H groups in total. The van der Waals surface area contributed by atoms with E-state index in [9.17, 15) is 19.8 Å². The third-order valence-electron chi connectivity index (χ3n) is 16.0. The van der Waals surface area contributed by atoms with E-state index in [0.717, 1.165) is 44.9 Å². The molecular weight excluding hydrogens is 923 g/mol. The Morgan fingerprint density at radius 3 is 0.947 bits per heavy atom. The lowest BCUT2D eigenvalue weighted by Gasteiger charge is -2.22. The first-order chi connectivity index (χ1) is 37.0. The number of hydrogen-bond acceptors (Lipinski definition) is 5. The number of aliphatic hydroxyl groups is 2. The second kappa shape index (κ2) is 64.9. The second-order valence-corrected chi connectivity index (χ2v) is 23.5. The van der Waals surface area contributed by atoms with Crippen molar-refractivity contribution in [3.63, 3.8) is 0 Å². The molecule has 6 heteroatoms. The molecule has 0 radical (unpaired) electrons.